The lowest BCUT2D eigenvalue weighted by molar-refractivity contribution is 0.184. The maximum absolute atomic E-state index is 8.40. The summed E-state index contributed by atoms with van der Waals surface area (Å²) in [6.45, 7) is 11.4. The van der Waals surface area contributed by atoms with Crippen LogP contribution in [0.15, 0.2) is 22.8 Å². The molecule has 0 amide bonds. The molecule has 0 aromatic carbocycles. The topological polar surface area (TPSA) is 23.9 Å². The molecule has 3 atom stereocenters. The number of nitrogens with one attached hydrogen (secondary N) is 1. The van der Waals surface area contributed by atoms with Crippen LogP contribution in [-0.4, -0.2) is 5.71 Å². The Morgan fingerprint density at radius 2 is 2.00 bits per heavy atom. The van der Waals surface area contributed by atoms with Crippen molar-refractivity contribution in [3.8, 4) is 0 Å². The molecule has 18 heavy (non-hydrogen) atoms. The Labute approximate surface area is 112 Å². The van der Waals surface area contributed by atoms with Crippen molar-refractivity contribution in [2.45, 2.75) is 60.3 Å². The molecule has 0 radical (unpaired) electrons. The van der Waals surface area contributed by atoms with Crippen molar-refractivity contribution in [1.82, 2.24) is 0 Å². The molecule has 100 valence electrons. The molecule has 0 bridgehead atoms. The molecule has 0 heterocycles. The number of fused-ring (bicyclic) bond motifs is 1. The van der Waals surface area contributed by atoms with E-state index in [1.807, 2.05) is 0 Å². The highest BCUT2D eigenvalue weighted by atomic mass is 14.6. The van der Waals surface area contributed by atoms with Gasteiger partial charge in [0.2, 0.25) is 0 Å². The first-order valence-corrected chi connectivity index (χ1v) is 7.28. The van der Waals surface area contributed by atoms with Crippen molar-refractivity contribution in [2.24, 2.45) is 17.3 Å². The van der Waals surface area contributed by atoms with Crippen LogP contribution in [0, 0.1) is 22.7 Å². The molecule has 0 aromatic rings. The highest BCUT2D eigenvalue weighted by Gasteiger charge is 2.44. The van der Waals surface area contributed by atoms with Crippen LogP contribution in [0.3, 0.4) is 0 Å². The van der Waals surface area contributed by atoms with Crippen molar-refractivity contribution in [1.29, 1.82) is 5.41 Å². The Morgan fingerprint density at radius 3 is 2.61 bits per heavy atom. The van der Waals surface area contributed by atoms with Crippen molar-refractivity contribution in [3.05, 3.63) is 22.8 Å². The number of allylic oxidation sites excluding steroid dienone is 4. The minimum atomic E-state index is 0.245. The zero-order valence-electron chi connectivity index (χ0n) is 12.6. The number of hydrogen-bond donors (Lipinski definition) is 1. The smallest absolute Gasteiger partial charge is 0.0354 e. The lowest BCUT2D eigenvalue weighted by Gasteiger charge is -2.47. The minimum Gasteiger partial charge on any atom is -0.305 e. The Bertz CT molecular complexity index is 423. The zero-order valence-corrected chi connectivity index (χ0v) is 12.6. The summed E-state index contributed by atoms with van der Waals surface area (Å²) in [7, 11) is 0. The van der Waals surface area contributed by atoms with Gasteiger partial charge in [0.05, 0.1) is 0 Å². The second-order valence-corrected chi connectivity index (χ2v) is 6.78. The molecule has 1 N–H and O–H groups in total. The molecule has 1 nitrogen and oxygen atoms in total. The van der Waals surface area contributed by atoms with E-state index >= 15 is 0 Å². The molecule has 2 aliphatic carbocycles. The van der Waals surface area contributed by atoms with Gasteiger partial charge in [-0.25, -0.2) is 0 Å². The number of rotatable bonds is 1. The van der Waals surface area contributed by atoms with E-state index in [1.54, 1.807) is 0 Å². The quantitative estimate of drug-likeness (QED) is 0.619. The van der Waals surface area contributed by atoms with E-state index in [0.29, 0.717) is 11.8 Å². The van der Waals surface area contributed by atoms with Gasteiger partial charge < -0.3 is 5.41 Å². The van der Waals surface area contributed by atoms with Crippen LogP contribution in [0.2, 0.25) is 0 Å². The Morgan fingerprint density at radius 1 is 1.33 bits per heavy atom. The summed E-state index contributed by atoms with van der Waals surface area (Å²) in [4.78, 5) is 0. The van der Waals surface area contributed by atoms with E-state index in [1.165, 1.54) is 36.0 Å². The van der Waals surface area contributed by atoms with Crippen LogP contribution < -0.4 is 0 Å². The molecule has 2 aliphatic rings. The third-order valence-corrected chi connectivity index (χ3v) is 5.50. The zero-order chi connectivity index (χ0) is 13.5. The normalized spacial score (nSPS) is 35.8. The van der Waals surface area contributed by atoms with E-state index in [0.717, 1.165) is 12.1 Å². The third kappa shape index (κ3) is 2.08. The molecular weight excluding hydrogens is 218 g/mol. The first-order chi connectivity index (χ1) is 8.36. The van der Waals surface area contributed by atoms with Crippen molar-refractivity contribution in [3.63, 3.8) is 0 Å². The second kappa shape index (κ2) is 4.68. The SMILES string of the molecule is CC(C)=C(C)C1CC(=N)C2=CCCC(C)C2(C)C1. The van der Waals surface area contributed by atoms with Crippen LogP contribution >= 0.6 is 0 Å². The average Bonchev–Trinajstić information content (AvgIpc) is 2.30. The fourth-order valence-corrected chi connectivity index (χ4v) is 3.73. The molecule has 0 spiro atoms. The van der Waals surface area contributed by atoms with Crippen LogP contribution in [0.5, 0.6) is 0 Å². The molecule has 0 aromatic heterocycles. The van der Waals surface area contributed by atoms with E-state index in [2.05, 4.69) is 40.7 Å². The Hall–Kier alpha value is -0.850. The van der Waals surface area contributed by atoms with Crippen LogP contribution in [0.25, 0.3) is 0 Å². The van der Waals surface area contributed by atoms with Gasteiger partial charge in [0, 0.05) is 5.71 Å². The largest absolute Gasteiger partial charge is 0.305 e. The highest BCUT2D eigenvalue weighted by Crippen LogP contribution is 2.52. The highest BCUT2D eigenvalue weighted by molar-refractivity contribution is 6.00. The van der Waals surface area contributed by atoms with Gasteiger partial charge in [-0.3, -0.25) is 0 Å². The average molecular weight is 245 g/mol. The number of hydrogen-bond acceptors (Lipinski definition) is 1. The van der Waals surface area contributed by atoms with Crippen LogP contribution in [0.1, 0.15) is 60.3 Å². The van der Waals surface area contributed by atoms with Gasteiger partial charge >= 0.3 is 0 Å². The van der Waals surface area contributed by atoms with E-state index in [9.17, 15) is 0 Å². The van der Waals surface area contributed by atoms with Crippen LogP contribution in [0.4, 0.5) is 0 Å². The van der Waals surface area contributed by atoms with Crippen molar-refractivity contribution in [2.75, 3.05) is 0 Å². The van der Waals surface area contributed by atoms with Crippen molar-refractivity contribution >= 4 is 5.71 Å². The standard InChI is InChI=1S/C17H27N/c1-11(2)13(4)14-9-16(18)15-8-6-7-12(3)17(15,5)10-14/h8,12,14,18H,6-7,9-10H2,1-5H3. The monoisotopic (exact) mass is 245 g/mol. The van der Waals surface area contributed by atoms with E-state index in [-0.39, 0.29) is 5.41 Å². The molecular formula is C17H27N. The second-order valence-electron chi connectivity index (χ2n) is 6.78. The predicted octanol–water partition coefficient (Wildman–Crippen LogP) is 5.14. The fraction of sp³-hybridized carbons (Fsp3) is 0.706. The summed E-state index contributed by atoms with van der Waals surface area (Å²) in [5.41, 5.74) is 5.46. The van der Waals surface area contributed by atoms with E-state index < -0.39 is 0 Å². The summed E-state index contributed by atoms with van der Waals surface area (Å²) >= 11 is 0. The summed E-state index contributed by atoms with van der Waals surface area (Å²) in [6.07, 6.45) is 6.98. The first kappa shape index (κ1) is 13.6. The third-order valence-electron chi connectivity index (χ3n) is 5.50. The van der Waals surface area contributed by atoms with Gasteiger partial charge in [-0.15, -0.1) is 0 Å². The molecule has 0 saturated heterocycles. The predicted molar refractivity (Wildman–Crippen MR) is 79.1 cm³/mol. The van der Waals surface area contributed by atoms with Gasteiger partial charge in [0.15, 0.2) is 0 Å². The maximum Gasteiger partial charge on any atom is 0.0354 e. The van der Waals surface area contributed by atoms with Gasteiger partial charge in [-0.05, 0) is 69.3 Å². The van der Waals surface area contributed by atoms with E-state index in [4.69, 9.17) is 5.41 Å². The lowest BCUT2D eigenvalue weighted by atomic mass is 9.57. The first-order valence-electron chi connectivity index (χ1n) is 7.28. The summed E-state index contributed by atoms with van der Waals surface area (Å²) in [6, 6.07) is 0. The molecule has 3 unspecified atom stereocenters. The summed E-state index contributed by atoms with van der Waals surface area (Å²) in [5.74, 6) is 1.30. The molecule has 1 saturated carbocycles. The molecule has 1 heteroatoms. The van der Waals surface area contributed by atoms with Crippen molar-refractivity contribution < 1.29 is 0 Å². The fourth-order valence-electron chi connectivity index (χ4n) is 3.73. The minimum absolute atomic E-state index is 0.245. The van der Waals surface area contributed by atoms with Crippen LogP contribution in [-0.2, 0) is 0 Å². The molecule has 0 aliphatic heterocycles. The summed E-state index contributed by atoms with van der Waals surface area (Å²) < 4.78 is 0. The van der Waals surface area contributed by atoms with Gasteiger partial charge in [0.25, 0.3) is 0 Å². The van der Waals surface area contributed by atoms with Gasteiger partial charge in [-0.2, -0.15) is 0 Å². The Kier molecular flexibility index (Phi) is 3.53. The molecule has 1 fully saturated rings. The van der Waals surface area contributed by atoms with Gasteiger partial charge in [0.1, 0.15) is 0 Å². The Balaban J connectivity index is 2.36. The molecule has 2 rings (SSSR count). The maximum atomic E-state index is 8.40. The van der Waals surface area contributed by atoms with Gasteiger partial charge in [-0.1, -0.05) is 31.1 Å². The summed E-state index contributed by atoms with van der Waals surface area (Å²) in [5, 5.41) is 8.40. The lowest BCUT2D eigenvalue weighted by Crippen LogP contribution is -2.40.